The lowest BCUT2D eigenvalue weighted by molar-refractivity contribution is -0.387. The zero-order valence-corrected chi connectivity index (χ0v) is 14.5. The molecular weight excluding hydrogens is 318 g/mol. The molecule has 1 N–H and O–H groups in total. The van der Waals surface area contributed by atoms with Gasteiger partial charge in [-0.05, 0) is 63.4 Å². The molecule has 8 heteroatoms. The molecule has 0 radical (unpaired) electrons. The molecule has 0 aromatic heterocycles. The van der Waals surface area contributed by atoms with Crippen LogP contribution in [0.4, 0.5) is 5.69 Å². The predicted molar refractivity (Wildman–Crippen MR) is 88.0 cm³/mol. The van der Waals surface area contributed by atoms with Crippen molar-refractivity contribution in [3.63, 3.8) is 0 Å². The summed E-state index contributed by atoms with van der Waals surface area (Å²) in [5, 5.41) is 14.4. The highest BCUT2D eigenvalue weighted by atomic mass is 32.2. The van der Waals surface area contributed by atoms with Crippen LogP contribution in [0.2, 0.25) is 0 Å². The summed E-state index contributed by atoms with van der Waals surface area (Å²) in [6.45, 7) is 5.16. The lowest BCUT2D eigenvalue weighted by Crippen LogP contribution is -2.40. The second-order valence-corrected chi connectivity index (χ2v) is 7.97. The Labute approximate surface area is 136 Å². The van der Waals surface area contributed by atoms with E-state index in [-0.39, 0.29) is 10.6 Å². The summed E-state index contributed by atoms with van der Waals surface area (Å²) >= 11 is 0. The summed E-state index contributed by atoms with van der Waals surface area (Å²) in [5.74, 6) is 0.446. The molecule has 0 aliphatic carbocycles. The SMILES string of the molecule is CNCC1CCN(S(=O)(=O)c2cc(C)c(C)cc2[N+](=O)[O-])CC1. The number of hydrogen-bond donors (Lipinski definition) is 1. The maximum absolute atomic E-state index is 12.8. The quantitative estimate of drug-likeness (QED) is 0.651. The third kappa shape index (κ3) is 3.70. The molecule has 0 spiro atoms. The van der Waals surface area contributed by atoms with E-state index in [1.807, 2.05) is 7.05 Å². The van der Waals surface area contributed by atoms with Crippen molar-refractivity contribution >= 4 is 15.7 Å². The van der Waals surface area contributed by atoms with Crippen molar-refractivity contribution in [1.29, 1.82) is 0 Å². The first-order valence-corrected chi connectivity index (χ1v) is 9.11. The van der Waals surface area contributed by atoms with E-state index in [1.54, 1.807) is 13.8 Å². The van der Waals surface area contributed by atoms with Gasteiger partial charge >= 0.3 is 0 Å². The number of benzene rings is 1. The van der Waals surface area contributed by atoms with Crippen molar-refractivity contribution in [3.8, 4) is 0 Å². The van der Waals surface area contributed by atoms with E-state index in [9.17, 15) is 18.5 Å². The average molecular weight is 341 g/mol. The van der Waals surface area contributed by atoms with Crippen LogP contribution in [-0.4, -0.2) is 44.3 Å². The standard InChI is InChI=1S/C15H23N3O4S/c1-11-8-14(18(19)20)15(9-12(11)2)23(21,22)17-6-4-13(5-7-17)10-16-3/h8-9,13,16H,4-7,10H2,1-3H3. The van der Waals surface area contributed by atoms with E-state index < -0.39 is 14.9 Å². The third-order valence-corrected chi connectivity index (χ3v) is 6.38. The van der Waals surface area contributed by atoms with E-state index in [0.717, 1.165) is 24.9 Å². The Kier molecular flexibility index (Phi) is 5.38. The van der Waals surface area contributed by atoms with Crippen LogP contribution in [-0.2, 0) is 10.0 Å². The average Bonchev–Trinajstić information content (AvgIpc) is 2.50. The Hall–Kier alpha value is -1.51. The highest BCUT2D eigenvalue weighted by molar-refractivity contribution is 7.89. The van der Waals surface area contributed by atoms with Gasteiger partial charge in [0.15, 0.2) is 4.90 Å². The fraction of sp³-hybridized carbons (Fsp3) is 0.600. The zero-order valence-electron chi connectivity index (χ0n) is 13.7. The van der Waals surface area contributed by atoms with Crippen LogP contribution >= 0.6 is 0 Å². The van der Waals surface area contributed by atoms with Gasteiger partial charge < -0.3 is 5.32 Å². The summed E-state index contributed by atoms with van der Waals surface area (Å²) in [7, 11) is -1.97. The lowest BCUT2D eigenvalue weighted by atomic mass is 9.98. The Morgan fingerprint density at radius 3 is 2.35 bits per heavy atom. The highest BCUT2D eigenvalue weighted by Gasteiger charge is 2.34. The third-order valence-electron chi connectivity index (χ3n) is 4.46. The Bertz CT molecular complexity index is 695. The molecule has 0 unspecified atom stereocenters. The van der Waals surface area contributed by atoms with Crippen LogP contribution in [0.15, 0.2) is 17.0 Å². The number of piperidine rings is 1. The number of sulfonamides is 1. The van der Waals surface area contributed by atoms with Crippen molar-refractivity contribution in [1.82, 2.24) is 9.62 Å². The molecule has 0 atom stereocenters. The van der Waals surface area contributed by atoms with Crippen LogP contribution < -0.4 is 5.32 Å². The molecule has 1 saturated heterocycles. The summed E-state index contributed by atoms with van der Waals surface area (Å²) in [4.78, 5) is 10.5. The minimum atomic E-state index is -3.84. The van der Waals surface area contributed by atoms with Crippen molar-refractivity contribution in [2.24, 2.45) is 5.92 Å². The molecule has 0 amide bonds. The topological polar surface area (TPSA) is 92.6 Å². The Morgan fingerprint density at radius 2 is 1.83 bits per heavy atom. The summed E-state index contributed by atoms with van der Waals surface area (Å²) in [6, 6.07) is 2.76. The molecular formula is C15H23N3O4S. The summed E-state index contributed by atoms with van der Waals surface area (Å²) in [5.41, 5.74) is 1.10. The van der Waals surface area contributed by atoms with E-state index in [1.165, 1.54) is 16.4 Å². The number of aryl methyl sites for hydroxylation is 2. The monoisotopic (exact) mass is 341 g/mol. The highest BCUT2D eigenvalue weighted by Crippen LogP contribution is 2.31. The molecule has 1 aromatic rings. The number of nitrogens with zero attached hydrogens (tertiary/aromatic N) is 2. The van der Waals surface area contributed by atoms with Gasteiger partial charge in [0.05, 0.1) is 4.92 Å². The van der Waals surface area contributed by atoms with E-state index in [4.69, 9.17) is 0 Å². The number of nitro benzene ring substituents is 1. The number of rotatable bonds is 5. The molecule has 23 heavy (non-hydrogen) atoms. The van der Waals surface area contributed by atoms with Gasteiger partial charge in [0.1, 0.15) is 0 Å². The van der Waals surface area contributed by atoms with Crippen molar-refractivity contribution in [3.05, 3.63) is 33.4 Å². The van der Waals surface area contributed by atoms with Gasteiger partial charge in [0.25, 0.3) is 5.69 Å². The maximum Gasteiger partial charge on any atom is 0.289 e. The molecule has 1 heterocycles. The van der Waals surface area contributed by atoms with Gasteiger partial charge in [-0.1, -0.05) is 0 Å². The van der Waals surface area contributed by atoms with E-state index in [2.05, 4.69) is 5.32 Å². The van der Waals surface area contributed by atoms with Crippen molar-refractivity contribution < 1.29 is 13.3 Å². The summed E-state index contributed by atoms with van der Waals surface area (Å²) in [6.07, 6.45) is 1.53. The molecule has 0 bridgehead atoms. The first kappa shape index (κ1) is 17.8. The van der Waals surface area contributed by atoms with Gasteiger partial charge in [-0.25, -0.2) is 8.42 Å². The van der Waals surface area contributed by atoms with Crippen molar-refractivity contribution in [2.45, 2.75) is 31.6 Å². The number of nitrogens with one attached hydrogen (secondary N) is 1. The van der Waals surface area contributed by atoms with Gasteiger partial charge in [0.2, 0.25) is 10.0 Å². The molecule has 7 nitrogen and oxygen atoms in total. The normalized spacial score (nSPS) is 17.3. The first-order chi connectivity index (χ1) is 10.8. The molecule has 0 saturated carbocycles. The summed E-state index contributed by atoms with van der Waals surface area (Å²) < 4.78 is 27.1. The first-order valence-electron chi connectivity index (χ1n) is 7.67. The minimum Gasteiger partial charge on any atom is -0.319 e. The van der Waals surface area contributed by atoms with Gasteiger partial charge in [-0.2, -0.15) is 4.31 Å². The smallest absolute Gasteiger partial charge is 0.289 e. The van der Waals surface area contributed by atoms with Gasteiger partial charge in [-0.3, -0.25) is 10.1 Å². The van der Waals surface area contributed by atoms with Crippen LogP contribution in [0.1, 0.15) is 24.0 Å². The number of nitro groups is 1. The lowest BCUT2D eigenvalue weighted by Gasteiger charge is -2.31. The largest absolute Gasteiger partial charge is 0.319 e. The fourth-order valence-electron chi connectivity index (χ4n) is 2.91. The molecule has 1 aromatic carbocycles. The predicted octanol–water partition coefficient (Wildman–Crippen LogP) is 1.83. The Balaban J connectivity index is 2.34. The minimum absolute atomic E-state index is 0.197. The Morgan fingerprint density at radius 1 is 1.26 bits per heavy atom. The van der Waals surface area contributed by atoms with Crippen molar-refractivity contribution in [2.75, 3.05) is 26.7 Å². The van der Waals surface area contributed by atoms with E-state index >= 15 is 0 Å². The molecule has 128 valence electrons. The van der Waals surface area contributed by atoms with Crippen LogP contribution in [0, 0.1) is 29.9 Å². The number of hydrogen-bond acceptors (Lipinski definition) is 5. The van der Waals surface area contributed by atoms with Gasteiger partial charge in [0, 0.05) is 19.2 Å². The van der Waals surface area contributed by atoms with Gasteiger partial charge in [-0.15, -0.1) is 0 Å². The second-order valence-electron chi connectivity index (χ2n) is 6.07. The fourth-order valence-corrected chi connectivity index (χ4v) is 4.60. The van der Waals surface area contributed by atoms with Crippen LogP contribution in [0.5, 0.6) is 0 Å². The molecule has 1 fully saturated rings. The second kappa shape index (κ2) is 6.94. The molecule has 1 aliphatic rings. The zero-order chi connectivity index (χ0) is 17.2. The van der Waals surface area contributed by atoms with Crippen LogP contribution in [0.25, 0.3) is 0 Å². The maximum atomic E-state index is 12.8. The molecule has 2 rings (SSSR count). The van der Waals surface area contributed by atoms with Crippen LogP contribution in [0.3, 0.4) is 0 Å². The molecule has 1 aliphatic heterocycles. The van der Waals surface area contributed by atoms with E-state index in [0.29, 0.717) is 24.6 Å².